The molecule has 2 N–H and O–H groups in total. The molecular formula is C19H29Cl2N3OS. The molecule has 1 saturated heterocycles. The molecule has 0 saturated carbocycles. The fraction of sp³-hybridized carbons (Fsp3) is 0.579. The van der Waals surface area contributed by atoms with Gasteiger partial charge in [-0.25, -0.2) is 4.98 Å². The third kappa shape index (κ3) is 4.69. The number of halogens is 2. The molecule has 0 bridgehead atoms. The zero-order chi connectivity index (χ0) is 17.2. The van der Waals surface area contributed by atoms with E-state index in [1.165, 1.54) is 4.70 Å². The molecular weight excluding hydrogens is 389 g/mol. The Morgan fingerprint density at radius 1 is 1.31 bits per heavy atom. The first-order valence-electron chi connectivity index (χ1n) is 8.97. The van der Waals surface area contributed by atoms with Gasteiger partial charge in [0.15, 0.2) is 0 Å². The van der Waals surface area contributed by atoms with Crippen molar-refractivity contribution in [3.63, 3.8) is 0 Å². The first kappa shape index (κ1) is 23.2. The Morgan fingerprint density at radius 3 is 2.62 bits per heavy atom. The minimum Gasteiger partial charge on any atom is -0.341 e. The van der Waals surface area contributed by atoms with Gasteiger partial charge >= 0.3 is 0 Å². The van der Waals surface area contributed by atoms with E-state index >= 15 is 0 Å². The largest absolute Gasteiger partial charge is 0.341 e. The molecule has 1 amide bonds. The fourth-order valence-electron chi connectivity index (χ4n) is 3.69. The molecule has 1 fully saturated rings. The van der Waals surface area contributed by atoms with Crippen LogP contribution in [0.1, 0.15) is 44.5 Å². The number of carbonyl (C=O) groups is 1. The van der Waals surface area contributed by atoms with Gasteiger partial charge < -0.3 is 10.6 Å². The summed E-state index contributed by atoms with van der Waals surface area (Å²) in [5.41, 5.74) is 6.77. The Bertz CT molecular complexity index is 685. The van der Waals surface area contributed by atoms with E-state index in [9.17, 15) is 4.79 Å². The summed E-state index contributed by atoms with van der Waals surface area (Å²) in [4.78, 5) is 20.0. The number of thiazole rings is 1. The van der Waals surface area contributed by atoms with Gasteiger partial charge in [0.2, 0.25) is 5.91 Å². The summed E-state index contributed by atoms with van der Waals surface area (Å²) in [6.07, 6.45) is 4.43. The number of piperidine rings is 1. The van der Waals surface area contributed by atoms with Gasteiger partial charge in [0.25, 0.3) is 0 Å². The Hall–Kier alpha value is -0.880. The minimum atomic E-state index is -0.356. The van der Waals surface area contributed by atoms with Crippen molar-refractivity contribution in [3.8, 4) is 0 Å². The summed E-state index contributed by atoms with van der Waals surface area (Å²) in [5, 5.41) is 1.06. The number of nitrogens with two attached hydrogens (primary N) is 1. The number of benzene rings is 1. The van der Waals surface area contributed by atoms with E-state index in [1.807, 2.05) is 23.1 Å². The maximum absolute atomic E-state index is 13.3. The smallest absolute Gasteiger partial charge is 0.229 e. The number of para-hydroxylation sites is 1. The summed E-state index contributed by atoms with van der Waals surface area (Å²) < 4.78 is 1.20. The molecule has 0 spiro atoms. The fourth-order valence-corrected chi connectivity index (χ4v) is 4.80. The van der Waals surface area contributed by atoms with Crippen molar-refractivity contribution in [2.45, 2.75) is 52.0 Å². The van der Waals surface area contributed by atoms with Gasteiger partial charge in [-0.05, 0) is 37.8 Å². The number of rotatable bonds is 5. The Kier molecular flexibility index (Phi) is 8.80. The molecule has 1 aromatic carbocycles. The van der Waals surface area contributed by atoms with Crippen LogP contribution in [0.3, 0.4) is 0 Å². The first-order chi connectivity index (χ1) is 11.6. The van der Waals surface area contributed by atoms with Gasteiger partial charge in [0, 0.05) is 25.6 Å². The summed E-state index contributed by atoms with van der Waals surface area (Å²) in [6, 6.07) is 8.31. The molecule has 1 unspecified atom stereocenters. The highest BCUT2D eigenvalue weighted by Gasteiger charge is 2.40. The number of amides is 1. The van der Waals surface area contributed by atoms with Crippen LogP contribution in [-0.4, -0.2) is 34.9 Å². The molecule has 2 aromatic rings. The average Bonchev–Trinajstić information content (AvgIpc) is 3.01. The molecule has 1 aliphatic rings. The molecule has 3 rings (SSSR count). The highest BCUT2D eigenvalue weighted by Crippen LogP contribution is 2.36. The van der Waals surface area contributed by atoms with Gasteiger partial charge in [0.05, 0.1) is 20.6 Å². The lowest BCUT2D eigenvalue weighted by molar-refractivity contribution is -0.144. The predicted molar refractivity (Wildman–Crippen MR) is 115 cm³/mol. The van der Waals surface area contributed by atoms with Crippen LogP contribution in [-0.2, 0) is 11.2 Å². The van der Waals surface area contributed by atoms with Crippen molar-refractivity contribution in [2.75, 3.05) is 13.1 Å². The van der Waals surface area contributed by atoms with E-state index in [0.717, 1.165) is 49.2 Å². The van der Waals surface area contributed by atoms with Crippen LogP contribution in [0.4, 0.5) is 0 Å². The van der Waals surface area contributed by atoms with Crippen molar-refractivity contribution in [3.05, 3.63) is 29.3 Å². The highest BCUT2D eigenvalue weighted by molar-refractivity contribution is 7.18. The number of fused-ring (bicyclic) bond motifs is 1. The molecule has 0 aliphatic carbocycles. The van der Waals surface area contributed by atoms with Crippen LogP contribution in [0, 0.1) is 5.41 Å². The summed E-state index contributed by atoms with van der Waals surface area (Å²) >= 11 is 1.71. The maximum Gasteiger partial charge on any atom is 0.229 e. The van der Waals surface area contributed by atoms with E-state index < -0.39 is 0 Å². The second-order valence-electron chi connectivity index (χ2n) is 6.89. The Labute approximate surface area is 172 Å². The third-order valence-electron chi connectivity index (χ3n) is 5.38. The number of hydrogen-bond donors (Lipinski definition) is 1. The zero-order valence-electron chi connectivity index (χ0n) is 15.4. The molecule has 146 valence electrons. The van der Waals surface area contributed by atoms with Crippen LogP contribution >= 0.6 is 36.2 Å². The first-order valence-corrected chi connectivity index (χ1v) is 9.79. The Morgan fingerprint density at radius 2 is 2.00 bits per heavy atom. The lowest BCUT2D eigenvalue weighted by Crippen LogP contribution is -2.51. The quantitative estimate of drug-likeness (QED) is 0.781. The van der Waals surface area contributed by atoms with Crippen molar-refractivity contribution in [1.82, 2.24) is 9.88 Å². The molecule has 4 nitrogen and oxygen atoms in total. The number of carbonyl (C=O) groups excluding carboxylic acids is 1. The molecule has 1 atom stereocenters. The highest BCUT2D eigenvalue weighted by atomic mass is 35.5. The van der Waals surface area contributed by atoms with Gasteiger partial charge in [-0.3, -0.25) is 4.79 Å². The molecule has 1 aromatic heterocycles. The van der Waals surface area contributed by atoms with Crippen LogP contribution in [0.5, 0.6) is 0 Å². The lowest BCUT2D eigenvalue weighted by atomic mass is 9.77. The summed E-state index contributed by atoms with van der Waals surface area (Å²) in [7, 11) is 0. The predicted octanol–water partition coefficient (Wildman–Crippen LogP) is 4.44. The molecule has 26 heavy (non-hydrogen) atoms. The monoisotopic (exact) mass is 417 g/mol. The van der Waals surface area contributed by atoms with Gasteiger partial charge in [-0.15, -0.1) is 36.2 Å². The number of aromatic nitrogens is 1. The van der Waals surface area contributed by atoms with Crippen LogP contribution in [0.2, 0.25) is 0 Å². The number of likely N-dealkylation sites (tertiary alicyclic amines) is 1. The SMILES string of the molecule is CCC(CC)(Cc1nc2ccccc2s1)C(=O)N1CCCC(N)C1.Cl.Cl. The Balaban J connectivity index is 0.00000169. The topological polar surface area (TPSA) is 59.2 Å². The summed E-state index contributed by atoms with van der Waals surface area (Å²) in [5.74, 6) is 0.266. The van der Waals surface area contributed by atoms with Crippen molar-refractivity contribution < 1.29 is 4.79 Å². The molecule has 0 radical (unpaired) electrons. The second kappa shape index (κ2) is 9.88. The van der Waals surface area contributed by atoms with Gasteiger partial charge in [-0.1, -0.05) is 26.0 Å². The van der Waals surface area contributed by atoms with Crippen LogP contribution < -0.4 is 5.73 Å². The van der Waals surface area contributed by atoms with E-state index in [0.29, 0.717) is 6.54 Å². The second-order valence-corrected chi connectivity index (χ2v) is 8.01. The molecule has 7 heteroatoms. The minimum absolute atomic E-state index is 0. The van der Waals surface area contributed by atoms with Crippen molar-refractivity contribution >= 4 is 52.3 Å². The summed E-state index contributed by atoms with van der Waals surface area (Å²) in [6.45, 7) is 5.78. The van der Waals surface area contributed by atoms with Gasteiger partial charge in [0.1, 0.15) is 0 Å². The zero-order valence-corrected chi connectivity index (χ0v) is 17.9. The lowest BCUT2D eigenvalue weighted by Gasteiger charge is -2.39. The van der Waals surface area contributed by atoms with E-state index in [4.69, 9.17) is 10.7 Å². The molecule has 2 heterocycles. The molecule has 1 aliphatic heterocycles. The van der Waals surface area contributed by atoms with Crippen molar-refractivity contribution in [2.24, 2.45) is 11.1 Å². The third-order valence-corrected chi connectivity index (χ3v) is 6.42. The van der Waals surface area contributed by atoms with E-state index in [-0.39, 0.29) is 42.2 Å². The number of hydrogen-bond acceptors (Lipinski definition) is 4. The van der Waals surface area contributed by atoms with E-state index in [1.54, 1.807) is 11.3 Å². The normalized spacial score (nSPS) is 17.5. The van der Waals surface area contributed by atoms with Crippen LogP contribution in [0.15, 0.2) is 24.3 Å². The van der Waals surface area contributed by atoms with Gasteiger partial charge in [-0.2, -0.15) is 0 Å². The standard InChI is InChI=1S/C19H27N3OS.2ClH/c1-3-19(4-2,18(23)22-11-7-8-14(20)13-22)12-17-21-15-9-5-6-10-16(15)24-17;;/h5-6,9-10,14H,3-4,7-8,11-13,20H2,1-2H3;2*1H. The van der Waals surface area contributed by atoms with Crippen molar-refractivity contribution in [1.29, 1.82) is 0 Å². The maximum atomic E-state index is 13.3. The van der Waals surface area contributed by atoms with Crippen LogP contribution in [0.25, 0.3) is 10.2 Å². The average molecular weight is 418 g/mol. The number of nitrogens with zero attached hydrogens (tertiary/aromatic N) is 2. The van der Waals surface area contributed by atoms with E-state index in [2.05, 4.69) is 19.9 Å².